The topological polar surface area (TPSA) is 43.8 Å². The second-order valence-electron chi connectivity index (χ2n) is 3.65. The van der Waals surface area contributed by atoms with Crippen molar-refractivity contribution in [3.63, 3.8) is 0 Å². The molecule has 1 atom stereocenters. The summed E-state index contributed by atoms with van der Waals surface area (Å²) in [6.45, 7) is 2.10. The molecule has 0 radical (unpaired) electrons. The Labute approximate surface area is 107 Å². The van der Waals surface area contributed by atoms with Gasteiger partial charge in [0.1, 0.15) is 0 Å². The quantitative estimate of drug-likeness (QED) is 0.947. The van der Waals surface area contributed by atoms with Crippen LogP contribution in [0.25, 0.3) is 0 Å². The molecule has 0 aliphatic rings. The van der Waals surface area contributed by atoms with Crippen LogP contribution in [0.15, 0.2) is 22.0 Å². The number of aryl methyl sites for hydroxylation is 2. The summed E-state index contributed by atoms with van der Waals surface area (Å²) in [5.41, 5.74) is 8.39. The van der Waals surface area contributed by atoms with E-state index in [1.807, 2.05) is 23.2 Å². The van der Waals surface area contributed by atoms with E-state index in [0.29, 0.717) is 0 Å². The molecule has 0 bridgehead atoms. The standard InChI is InChI=1S/C11H14BrN3S/c1-3-7-6-9(15(2)14-7)10(13)11-8(12)4-5-16-11/h4-6,10H,3,13H2,1-2H3. The van der Waals surface area contributed by atoms with Crippen LogP contribution in [0.5, 0.6) is 0 Å². The molecule has 2 aromatic rings. The highest BCUT2D eigenvalue weighted by Crippen LogP contribution is 2.31. The molecule has 86 valence electrons. The largest absolute Gasteiger partial charge is 0.318 e. The summed E-state index contributed by atoms with van der Waals surface area (Å²) in [6.07, 6.45) is 0.937. The van der Waals surface area contributed by atoms with Crippen molar-refractivity contribution in [2.24, 2.45) is 12.8 Å². The second kappa shape index (κ2) is 4.69. The minimum absolute atomic E-state index is 0.104. The van der Waals surface area contributed by atoms with Crippen LogP contribution in [-0.2, 0) is 13.5 Å². The molecule has 2 aromatic heterocycles. The number of hydrogen-bond donors (Lipinski definition) is 1. The monoisotopic (exact) mass is 299 g/mol. The predicted octanol–water partition coefficient (Wildman–Crippen LogP) is 2.85. The number of nitrogens with two attached hydrogens (primary N) is 1. The highest BCUT2D eigenvalue weighted by Gasteiger charge is 2.17. The molecule has 2 heterocycles. The lowest BCUT2D eigenvalue weighted by Gasteiger charge is -2.10. The Bertz CT molecular complexity index is 489. The van der Waals surface area contributed by atoms with Gasteiger partial charge in [0.25, 0.3) is 0 Å². The van der Waals surface area contributed by atoms with Gasteiger partial charge in [-0.15, -0.1) is 11.3 Å². The van der Waals surface area contributed by atoms with Gasteiger partial charge in [0.05, 0.1) is 17.4 Å². The molecular formula is C11H14BrN3S. The van der Waals surface area contributed by atoms with E-state index in [0.717, 1.165) is 27.2 Å². The van der Waals surface area contributed by atoms with E-state index in [4.69, 9.17) is 5.73 Å². The van der Waals surface area contributed by atoms with E-state index in [9.17, 15) is 0 Å². The zero-order chi connectivity index (χ0) is 11.7. The molecule has 2 N–H and O–H groups in total. The van der Waals surface area contributed by atoms with Gasteiger partial charge in [-0.1, -0.05) is 6.92 Å². The van der Waals surface area contributed by atoms with Crippen molar-refractivity contribution in [2.45, 2.75) is 19.4 Å². The summed E-state index contributed by atoms with van der Waals surface area (Å²) >= 11 is 5.18. The molecule has 0 aliphatic carbocycles. The number of aromatic nitrogens is 2. The molecule has 0 amide bonds. The second-order valence-corrected chi connectivity index (χ2v) is 5.45. The van der Waals surface area contributed by atoms with Crippen LogP contribution in [0.1, 0.15) is 29.2 Å². The van der Waals surface area contributed by atoms with Crippen molar-refractivity contribution in [1.82, 2.24) is 9.78 Å². The third kappa shape index (κ3) is 2.07. The number of nitrogens with zero attached hydrogens (tertiary/aromatic N) is 2. The zero-order valence-corrected chi connectivity index (χ0v) is 11.7. The summed E-state index contributed by atoms with van der Waals surface area (Å²) in [7, 11) is 1.94. The van der Waals surface area contributed by atoms with Crippen LogP contribution >= 0.6 is 27.3 Å². The Morgan fingerprint density at radius 2 is 2.38 bits per heavy atom. The van der Waals surface area contributed by atoms with E-state index < -0.39 is 0 Å². The summed E-state index contributed by atoms with van der Waals surface area (Å²) in [6, 6.07) is 4.00. The number of rotatable bonds is 3. The fourth-order valence-corrected chi connectivity index (χ4v) is 3.30. The average Bonchev–Trinajstić information content (AvgIpc) is 2.83. The first-order chi connectivity index (χ1) is 7.63. The fraction of sp³-hybridized carbons (Fsp3) is 0.364. The van der Waals surface area contributed by atoms with Crippen LogP contribution in [0, 0.1) is 0 Å². The third-order valence-electron chi connectivity index (χ3n) is 2.57. The molecule has 0 spiro atoms. The fourth-order valence-electron chi connectivity index (χ4n) is 1.67. The lowest BCUT2D eigenvalue weighted by atomic mass is 10.1. The predicted molar refractivity (Wildman–Crippen MR) is 70.6 cm³/mol. The van der Waals surface area contributed by atoms with Crippen LogP contribution in [-0.4, -0.2) is 9.78 Å². The molecule has 2 rings (SSSR count). The Morgan fingerprint density at radius 1 is 1.62 bits per heavy atom. The zero-order valence-electron chi connectivity index (χ0n) is 9.27. The van der Waals surface area contributed by atoms with Gasteiger partial charge in [0.2, 0.25) is 0 Å². The van der Waals surface area contributed by atoms with Crippen molar-refractivity contribution in [2.75, 3.05) is 0 Å². The average molecular weight is 300 g/mol. The van der Waals surface area contributed by atoms with Gasteiger partial charge in [-0.3, -0.25) is 4.68 Å². The molecule has 0 fully saturated rings. The van der Waals surface area contributed by atoms with Crippen molar-refractivity contribution < 1.29 is 0 Å². The first kappa shape index (κ1) is 11.8. The maximum atomic E-state index is 6.25. The van der Waals surface area contributed by atoms with Gasteiger partial charge < -0.3 is 5.73 Å². The summed E-state index contributed by atoms with van der Waals surface area (Å²) in [4.78, 5) is 1.14. The maximum Gasteiger partial charge on any atom is 0.0828 e. The Hall–Kier alpha value is -0.650. The number of thiophene rings is 1. The molecule has 0 saturated heterocycles. The van der Waals surface area contributed by atoms with Crippen molar-refractivity contribution in [1.29, 1.82) is 0 Å². The molecule has 0 saturated carbocycles. The number of halogens is 1. The maximum absolute atomic E-state index is 6.25. The molecule has 5 heteroatoms. The molecule has 0 aliphatic heterocycles. The van der Waals surface area contributed by atoms with E-state index in [-0.39, 0.29) is 6.04 Å². The van der Waals surface area contributed by atoms with Crippen LogP contribution in [0.2, 0.25) is 0 Å². The van der Waals surface area contributed by atoms with E-state index in [1.165, 1.54) is 0 Å². The molecule has 16 heavy (non-hydrogen) atoms. The van der Waals surface area contributed by atoms with E-state index >= 15 is 0 Å². The first-order valence-electron chi connectivity index (χ1n) is 5.14. The lowest BCUT2D eigenvalue weighted by molar-refractivity contribution is 0.669. The highest BCUT2D eigenvalue weighted by atomic mass is 79.9. The van der Waals surface area contributed by atoms with Gasteiger partial charge in [0, 0.05) is 16.4 Å². The Balaban J connectivity index is 2.37. The minimum Gasteiger partial charge on any atom is -0.318 e. The smallest absolute Gasteiger partial charge is 0.0828 e. The lowest BCUT2D eigenvalue weighted by Crippen LogP contribution is -2.15. The Morgan fingerprint density at radius 3 is 2.88 bits per heavy atom. The molecule has 0 aromatic carbocycles. The van der Waals surface area contributed by atoms with Gasteiger partial charge >= 0.3 is 0 Å². The number of hydrogen-bond acceptors (Lipinski definition) is 3. The Kier molecular flexibility index (Phi) is 3.47. The first-order valence-corrected chi connectivity index (χ1v) is 6.82. The van der Waals surface area contributed by atoms with E-state index in [2.05, 4.69) is 34.0 Å². The minimum atomic E-state index is -0.104. The molecular weight excluding hydrogens is 286 g/mol. The van der Waals surface area contributed by atoms with Crippen LogP contribution in [0.3, 0.4) is 0 Å². The third-order valence-corrected chi connectivity index (χ3v) is 4.53. The summed E-state index contributed by atoms with van der Waals surface area (Å²) in [5, 5.41) is 6.45. The van der Waals surface area contributed by atoms with E-state index in [1.54, 1.807) is 11.3 Å². The van der Waals surface area contributed by atoms with Crippen molar-refractivity contribution in [3.8, 4) is 0 Å². The van der Waals surface area contributed by atoms with Crippen LogP contribution < -0.4 is 5.73 Å². The SMILES string of the molecule is CCc1cc(C(N)c2sccc2Br)n(C)n1. The summed E-state index contributed by atoms with van der Waals surface area (Å²) < 4.78 is 2.94. The molecule has 1 unspecified atom stereocenters. The van der Waals surface area contributed by atoms with Gasteiger partial charge in [-0.2, -0.15) is 5.10 Å². The van der Waals surface area contributed by atoms with Gasteiger partial charge in [-0.25, -0.2) is 0 Å². The summed E-state index contributed by atoms with van der Waals surface area (Å²) in [5.74, 6) is 0. The normalized spacial score (nSPS) is 13.0. The van der Waals surface area contributed by atoms with Gasteiger partial charge in [-0.05, 0) is 39.9 Å². The van der Waals surface area contributed by atoms with Crippen molar-refractivity contribution in [3.05, 3.63) is 38.3 Å². The molecule has 3 nitrogen and oxygen atoms in total. The van der Waals surface area contributed by atoms with Gasteiger partial charge in [0.15, 0.2) is 0 Å². The highest BCUT2D eigenvalue weighted by molar-refractivity contribution is 9.10. The van der Waals surface area contributed by atoms with Crippen molar-refractivity contribution >= 4 is 27.3 Å². The van der Waals surface area contributed by atoms with Crippen LogP contribution in [0.4, 0.5) is 0 Å².